The van der Waals surface area contributed by atoms with E-state index in [2.05, 4.69) is 30.2 Å². The predicted molar refractivity (Wildman–Crippen MR) is 91.5 cm³/mol. The van der Waals surface area contributed by atoms with Gasteiger partial charge in [0.15, 0.2) is 17.3 Å². The monoisotopic (exact) mass is 332 g/mol. The number of nitrogens with zero attached hydrogens (tertiary/aromatic N) is 5. The summed E-state index contributed by atoms with van der Waals surface area (Å²) in [6, 6.07) is 0. The summed E-state index contributed by atoms with van der Waals surface area (Å²) in [4.78, 5) is 18.0. The highest BCUT2D eigenvalue weighted by atomic mass is 16.5. The fourth-order valence-corrected chi connectivity index (χ4v) is 2.21. The molecule has 24 heavy (non-hydrogen) atoms. The standard InChI is InChI=1S/C10H16N4O.C6H8N2O/c1-2-15-9-7-12-8-13-10(9)14-5-3-11-4-6-14;1-2-9-6-3-7-5-8-4-6/h7-8,11H,2-6H2,1H3;3-5H,2H2,1H3. The largest absolute Gasteiger partial charge is 0.491 e. The number of hydrogen-bond acceptors (Lipinski definition) is 8. The van der Waals surface area contributed by atoms with Crippen LogP contribution < -0.4 is 19.7 Å². The Balaban J connectivity index is 0.000000198. The van der Waals surface area contributed by atoms with Crippen molar-refractivity contribution in [1.29, 1.82) is 0 Å². The van der Waals surface area contributed by atoms with E-state index >= 15 is 0 Å². The van der Waals surface area contributed by atoms with E-state index in [0.717, 1.165) is 43.5 Å². The molecule has 0 atom stereocenters. The normalized spacial score (nSPS) is 13.7. The van der Waals surface area contributed by atoms with Gasteiger partial charge in [-0.25, -0.2) is 19.9 Å². The third-order valence-corrected chi connectivity index (χ3v) is 3.22. The Bertz CT molecular complexity index is 578. The molecule has 8 nitrogen and oxygen atoms in total. The van der Waals surface area contributed by atoms with E-state index < -0.39 is 0 Å². The first kappa shape index (κ1) is 17.9. The SMILES string of the molecule is CCOc1cncnc1.CCOc1cncnc1N1CCNCC1. The molecule has 0 spiro atoms. The summed E-state index contributed by atoms with van der Waals surface area (Å²) in [5.74, 6) is 2.41. The lowest BCUT2D eigenvalue weighted by molar-refractivity contribution is 0.336. The molecule has 0 amide bonds. The molecule has 0 saturated carbocycles. The van der Waals surface area contributed by atoms with Crippen LogP contribution in [0.3, 0.4) is 0 Å². The summed E-state index contributed by atoms with van der Waals surface area (Å²) in [6.07, 6.45) is 8.04. The lowest BCUT2D eigenvalue weighted by atomic mass is 10.3. The fraction of sp³-hybridized carbons (Fsp3) is 0.500. The van der Waals surface area contributed by atoms with E-state index in [9.17, 15) is 0 Å². The first-order valence-corrected chi connectivity index (χ1v) is 8.11. The zero-order valence-electron chi connectivity index (χ0n) is 14.2. The minimum absolute atomic E-state index is 0.645. The van der Waals surface area contributed by atoms with Crippen molar-refractivity contribution in [1.82, 2.24) is 25.3 Å². The van der Waals surface area contributed by atoms with Gasteiger partial charge in [0.25, 0.3) is 0 Å². The zero-order chi connectivity index (χ0) is 17.0. The first-order valence-electron chi connectivity index (χ1n) is 8.11. The van der Waals surface area contributed by atoms with Gasteiger partial charge in [-0.15, -0.1) is 0 Å². The van der Waals surface area contributed by atoms with Crippen LogP contribution in [0.1, 0.15) is 13.8 Å². The van der Waals surface area contributed by atoms with Crippen molar-refractivity contribution in [3.05, 3.63) is 31.2 Å². The van der Waals surface area contributed by atoms with Gasteiger partial charge in [-0.3, -0.25) is 0 Å². The Morgan fingerprint density at radius 1 is 0.958 bits per heavy atom. The summed E-state index contributed by atoms with van der Waals surface area (Å²) in [5.41, 5.74) is 0. The molecule has 1 N–H and O–H groups in total. The lowest BCUT2D eigenvalue weighted by Crippen LogP contribution is -2.44. The summed E-state index contributed by atoms with van der Waals surface area (Å²) < 4.78 is 10.6. The van der Waals surface area contributed by atoms with E-state index in [1.807, 2.05) is 13.8 Å². The van der Waals surface area contributed by atoms with Crippen LogP contribution in [0, 0.1) is 0 Å². The van der Waals surface area contributed by atoms with Gasteiger partial charge < -0.3 is 19.7 Å². The Morgan fingerprint density at radius 3 is 2.29 bits per heavy atom. The topological polar surface area (TPSA) is 85.3 Å². The zero-order valence-corrected chi connectivity index (χ0v) is 14.2. The van der Waals surface area contributed by atoms with Crippen molar-refractivity contribution in [2.75, 3.05) is 44.3 Å². The predicted octanol–water partition coefficient (Wildman–Crippen LogP) is 1.16. The van der Waals surface area contributed by atoms with Crippen LogP contribution in [-0.2, 0) is 0 Å². The highest BCUT2D eigenvalue weighted by molar-refractivity contribution is 5.51. The van der Waals surface area contributed by atoms with Crippen molar-refractivity contribution < 1.29 is 9.47 Å². The average Bonchev–Trinajstić information content (AvgIpc) is 2.65. The molecule has 1 fully saturated rings. The molecule has 1 saturated heterocycles. The van der Waals surface area contributed by atoms with Crippen molar-refractivity contribution in [2.24, 2.45) is 0 Å². The van der Waals surface area contributed by atoms with Gasteiger partial charge >= 0.3 is 0 Å². The van der Waals surface area contributed by atoms with Gasteiger partial charge in [-0.2, -0.15) is 0 Å². The maximum absolute atomic E-state index is 5.50. The molecule has 1 aliphatic rings. The molecule has 3 heterocycles. The Labute approximate surface area is 142 Å². The first-order chi connectivity index (χ1) is 11.8. The molecule has 3 rings (SSSR count). The maximum Gasteiger partial charge on any atom is 0.180 e. The van der Waals surface area contributed by atoms with Gasteiger partial charge in [0.05, 0.1) is 31.8 Å². The van der Waals surface area contributed by atoms with E-state index in [4.69, 9.17) is 9.47 Å². The van der Waals surface area contributed by atoms with E-state index in [1.165, 1.54) is 6.33 Å². The minimum atomic E-state index is 0.645. The molecule has 0 aromatic carbocycles. The van der Waals surface area contributed by atoms with Crippen molar-refractivity contribution >= 4 is 5.82 Å². The summed E-state index contributed by atoms with van der Waals surface area (Å²) in [6.45, 7) is 9.13. The number of nitrogens with one attached hydrogen (secondary N) is 1. The van der Waals surface area contributed by atoms with Gasteiger partial charge in [-0.1, -0.05) is 0 Å². The van der Waals surface area contributed by atoms with E-state index in [-0.39, 0.29) is 0 Å². The Morgan fingerprint density at radius 2 is 1.62 bits per heavy atom. The highest BCUT2D eigenvalue weighted by Crippen LogP contribution is 2.24. The minimum Gasteiger partial charge on any atom is -0.491 e. The second-order valence-electron chi connectivity index (χ2n) is 4.89. The van der Waals surface area contributed by atoms with Crippen LogP contribution in [0.2, 0.25) is 0 Å². The summed E-state index contributed by atoms with van der Waals surface area (Å²) >= 11 is 0. The van der Waals surface area contributed by atoms with Crippen LogP contribution >= 0.6 is 0 Å². The molecular weight excluding hydrogens is 308 g/mol. The van der Waals surface area contributed by atoms with Crippen LogP contribution in [-0.4, -0.2) is 59.3 Å². The summed E-state index contributed by atoms with van der Waals surface area (Å²) in [7, 11) is 0. The molecular formula is C16H24N6O2. The van der Waals surface area contributed by atoms with E-state index in [1.54, 1.807) is 24.9 Å². The lowest BCUT2D eigenvalue weighted by Gasteiger charge is -2.29. The molecule has 2 aromatic rings. The third-order valence-electron chi connectivity index (χ3n) is 3.22. The van der Waals surface area contributed by atoms with E-state index in [0.29, 0.717) is 13.2 Å². The molecule has 1 aliphatic heterocycles. The van der Waals surface area contributed by atoms with Gasteiger partial charge in [-0.05, 0) is 13.8 Å². The van der Waals surface area contributed by atoms with Crippen molar-refractivity contribution in [3.8, 4) is 11.5 Å². The number of aromatic nitrogens is 4. The second-order valence-corrected chi connectivity index (χ2v) is 4.89. The molecule has 0 radical (unpaired) electrons. The van der Waals surface area contributed by atoms with Gasteiger partial charge in [0, 0.05) is 26.2 Å². The molecule has 8 heteroatoms. The fourth-order valence-electron chi connectivity index (χ4n) is 2.21. The number of hydrogen-bond donors (Lipinski definition) is 1. The summed E-state index contributed by atoms with van der Waals surface area (Å²) in [5, 5.41) is 3.31. The number of anilines is 1. The number of rotatable bonds is 5. The smallest absolute Gasteiger partial charge is 0.180 e. The van der Waals surface area contributed by atoms with Gasteiger partial charge in [0.1, 0.15) is 12.7 Å². The molecule has 0 unspecified atom stereocenters. The highest BCUT2D eigenvalue weighted by Gasteiger charge is 2.15. The van der Waals surface area contributed by atoms with Crippen molar-refractivity contribution in [3.63, 3.8) is 0 Å². The molecule has 130 valence electrons. The molecule has 0 aliphatic carbocycles. The second kappa shape index (κ2) is 10.3. The van der Waals surface area contributed by atoms with Gasteiger partial charge in [0.2, 0.25) is 0 Å². The van der Waals surface area contributed by atoms with Crippen molar-refractivity contribution in [2.45, 2.75) is 13.8 Å². The quantitative estimate of drug-likeness (QED) is 0.873. The third kappa shape index (κ3) is 5.62. The number of ether oxygens (including phenoxy) is 2. The maximum atomic E-state index is 5.50. The van der Waals surface area contributed by atoms with Crippen LogP contribution in [0.4, 0.5) is 5.82 Å². The molecule has 0 bridgehead atoms. The molecule has 2 aromatic heterocycles. The van der Waals surface area contributed by atoms with Crippen LogP contribution in [0.5, 0.6) is 11.5 Å². The van der Waals surface area contributed by atoms with Crippen LogP contribution in [0.25, 0.3) is 0 Å². The van der Waals surface area contributed by atoms with Crippen LogP contribution in [0.15, 0.2) is 31.2 Å². The number of piperazine rings is 1. The Kier molecular flexibility index (Phi) is 7.69. The Hall–Kier alpha value is -2.48. The average molecular weight is 332 g/mol.